The van der Waals surface area contributed by atoms with Crippen LogP contribution in [0, 0.1) is 29.6 Å². The Hall–Kier alpha value is -6.38. The van der Waals surface area contributed by atoms with E-state index in [0.717, 1.165) is 34.1 Å². The number of benzene rings is 3. The van der Waals surface area contributed by atoms with Gasteiger partial charge >= 0.3 is 11.9 Å². The Labute approximate surface area is 288 Å². The Morgan fingerprint density at radius 3 is 1.63 bits per heavy atom. The van der Waals surface area contributed by atoms with Crippen molar-refractivity contribution in [2.24, 2.45) is 29.6 Å². The fraction of sp³-hybridized carbons (Fsp3) is 0.278. The molecule has 0 spiro atoms. The first-order valence-corrected chi connectivity index (χ1v) is 15.8. The molecule has 15 heteroatoms. The Morgan fingerprint density at radius 2 is 1.16 bits per heavy atom. The highest BCUT2D eigenvalue weighted by molar-refractivity contribution is 6.24. The molecular weight excluding hydrogens is 668 g/mol. The zero-order valence-corrected chi connectivity index (χ0v) is 27.0. The van der Waals surface area contributed by atoms with Crippen LogP contribution in [0.15, 0.2) is 60.2 Å². The molecule has 6 unspecified atom stereocenters. The number of hydrogen-bond donors (Lipinski definition) is 5. The van der Waals surface area contributed by atoms with Crippen molar-refractivity contribution in [2.45, 2.75) is 18.8 Å². The van der Waals surface area contributed by atoms with Gasteiger partial charge in [-0.25, -0.2) is 19.4 Å². The average Bonchev–Trinajstić information content (AvgIpc) is 3.50. The topological polar surface area (TPSA) is 229 Å². The zero-order valence-electron chi connectivity index (χ0n) is 27.0. The monoisotopic (exact) mass is 698 g/mol. The lowest BCUT2D eigenvalue weighted by molar-refractivity contribution is -0.126. The van der Waals surface area contributed by atoms with Gasteiger partial charge < -0.3 is 35.0 Å². The fourth-order valence-corrected chi connectivity index (χ4v) is 8.25. The maximum Gasteiger partial charge on any atom is 0.339 e. The van der Waals surface area contributed by atoms with Crippen molar-refractivity contribution >= 4 is 46.9 Å². The third kappa shape index (κ3) is 4.87. The minimum atomic E-state index is -1.41. The van der Waals surface area contributed by atoms with E-state index in [0.29, 0.717) is 11.1 Å². The highest BCUT2D eigenvalue weighted by Gasteiger charge is 2.62. The number of anilines is 2. The van der Waals surface area contributed by atoms with E-state index in [1.54, 1.807) is 6.08 Å². The third-order valence-corrected chi connectivity index (χ3v) is 10.4. The van der Waals surface area contributed by atoms with E-state index in [1.165, 1.54) is 38.5 Å². The molecule has 7 rings (SSSR count). The summed E-state index contributed by atoms with van der Waals surface area (Å²) in [7, 11) is 2.65. The van der Waals surface area contributed by atoms with Crippen LogP contribution in [-0.4, -0.2) is 75.3 Å². The van der Waals surface area contributed by atoms with Gasteiger partial charge in [-0.05, 0) is 60.7 Å². The number of carboxylic acid groups (broad SMARTS) is 2. The van der Waals surface area contributed by atoms with Gasteiger partial charge in [0.05, 0.1) is 49.3 Å². The lowest BCUT2D eigenvalue weighted by Crippen LogP contribution is -2.43. The Bertz CT molecular complexity index is 2100. The van der Waals surface area contributed by atoms with Gasteiger partial charge in [0.1, 0.15) is 22.6 Å². The summed E-state index contributed by atoms with van der Waals surface area (Å²) in [5, 5.41) is 50.2. The van der Waals surface area contributed by atoms with Crippen molar-refractivity contribution in [3.05, 3.63) is 76.9 Å². The molecule has 3 aromatic carbocycles. The largest absolute Gasteiger partial charge is 0.507 e. The molecule has 4 aliphatic rings. The maximum absolute atomic E-state index is 14.4. The SMILES string of the molecule is COc1cc(C2C3=CCC4C(=O)N(c5ccc(C(=O)O)c(O)c5)C(=O)C4C3CC3C(=O)N(c4ccc(C(=O)O)c(O)c4)C(=O)C32)cc(OC)c1O. The van der Waals surface area contributed by atoms with Gasteiger partial charge in [0.2, 0.25) is 29.4 Å². The summed E-state index contributed by atoms with van der Waals surface area (Å²) >= 11 is 0. The number of imide groups is 2. The summed E-state index contributed by atoms with van der Waals surface area (Å²) in [5.74, 6) is -12.4. The number of amides is 4. The molecule has 1 saturated carbocycles. The van der Waals surface area contributed by atoms with Crippen LogP contribution in [0.25, 0.3) is 0 Å². The first-order valence-electron chi connectivity index (χ1n) is 15.8. The van der Waals surface area contributed by atoms with Crippen LogP contribution in [-0.2, 0) is 19.2 Å². The average molecular weight is 699 g/mol. The maximum atomic E-state index is 14.4. The van der Waals surface area contributed by atoms with Crippen molar-refractivity contribution in [1.82, 2.24) is 0 Å². The minimum absolute atomic E-state index is 0.0167. The number of rotatable bonds is 7. The van der Waals surface area contributed by atoms with Crippen molar-refractivity contribution < 1.29 is 63.8 Å². The predicted octanol–water partition coefficient (Wildman–Crippen LogP) is 3.26. The number of hydrogen-bond acceptors (Lipinski definition) is 11. The number of ether oxygens (including phenoxy) is 2. The molecule has 262 valence electrons. The molecule has 2 heterocycles. The van der Waals surface area contributed by atoms with E-state index in [4.69, 9.17) is 9.47 Å². The molecule has 3 aromatic rings. The summed E-state index contributed by atoms with van der Waals surface area (Å²) in [6.07, 6.45) is 1.86. The molecule has 3 fully saturated rings. The van der Waals surface area contributed by atoms with Crippen molar-refractivity contribution in [3.63, 3.8) is 0 Å². The number of allylic oxidation sites excluding steroid dienone is 2. The van der Waals surface area contributed by atoms with Crippen LogP contribution in [0.4, 0.5) is 11.4 Å². The van der Waals surface area contributed by atoms with Gasteiger partial charge in [0.25, 0.3) is 0 Å². The van der Waals surface area contributed by atoms with E-state index in [2.05, 4.69) is 0 Å². The molecule has 51 heavy (non-hydrogen) atoms. The third-order valence-electron chi connectivity index (χ3n) is 10.4. The van der Waals surface area contributed by atoms with Gasteiger partial charge in [-0.15, -0.1) is 0 Å². The van der Waals surface area contributed by atoms with Gasteiger partial charge in [-0.3, -0.25) is 19.2 Å². The fourth-order valence-electron chi connectivity index (χ4n) is 8.25. The lowest BCUT2D eigenvalue weighted by Gasteiger charge is -2.44. The van der Waals surface area contributed by atoms with Crippen LogP contribution in [0.3, 0.4) is 0 Å². The summed E-state index contributed by atoms with van der Waals surface area (Å²) in [4.78, 5) is 81.5. The number of nitrogens with zero attached hydrogens (tertiary/aromatic N) is 2. The van der Waals surface area contributed by atoms with Crippen molar-refractivity contribution in [2.75, 3.05) is 24.0 Å². The molecule has 0 radical (unpaired) electrons. The van der Waals surface area contributed by atoms with Gasteiger partial charge in [-0.2, -0.15) is 0 Å². The highest BCUT2D eigenvalue weighted by Crippen LogP contribution is 2.59. The Balaban J connectivity index is 1.35. The number of aromatic hydroxyl groups is 3. The summed E-state index contributed by atoms with van der Waals surface area (Å²) in [6.45, 7) is 0. The standard InChI is InChI=1S/C36H30N2O13/c1-50-25-9-14(10-26(51-2)30(25)41)27-17-7-8-20-28(33(44)37(31(20)42)15-3-5-18(35(46)47)23(39)11-15)21(17)13-22-29(27)34(45)38(32(22)43)16-4-6-19(36(48)49)24(40)12-16/h3-7,9-12,20-22,27-29,39-41H,8,13H2,1-2H3,(H,46,47)(H,48,49). The zero-order chi connectivity index (χ0) is 36.6. The number of methoxy groups -OCH3 is 2. The van der Waals surface area contributed by atoms with Crippen LogP contribution in [0.1, 0.15) is 45.0 Å². The molecule has 6 atom stereocenters. The van der Waals surface area contributed by atoms with Crippen molar-refractivity contribution in [1.29, 1.82) is 0 Å². The number of carboxylic acids is 2. The highest BCUT2D eigenvalue weighted by atomic mass is 16.5. The number of phenols is 3. The van der Waals surface area contributed by atoms with Crippen LogP contribution < -0.4 is 19.3 Å². The van der Waals surface area contributed by atoms with E-state index in [9.17, 15) is 54.3 Å². The number of phenolic OH excluding ortho intramolecular Hbond substituents is 1. The second-order valence-corrected chi connectivity index (χ2v) is 12.8. The lowest BCUT2D eigenvalue weighted by atomic mass is 9.57. The van der Waals surface area contributed by atoms with E-state index >= 15 is 0 Å². The predicted molar refractivity (Wildman–Crippen MR) is 174 cm³/mol. The van der Waals surface area contributed by atoms with E-state index in [-0.39, 0.29) is 41.5 Å². The second kappa shape index (κ2) is 11.9. The van der Waals surface area contributed by atoms with Gasteiger partial charge in [0, 0.05) is 18.1 Å². The molecule has 15 nitrogen and oxygen atoms in total. The van der Waals surface area contributed by atoms with Gasteiger partial charge in [0.15, 0.2) is 11.5 Å². The van der Waals surface area contributed by atoms with E-state index in [1.807, 2.05) is 0 Å². The van der Waals surface area contributed by atoms with Crippen LogP contribution in [0.2, 0.25) is 0 Å². The normalized spacial score (nSPS) is 25.3. The molecule has 2 aliphatic carbocycles. The second-order valence-electron chi connectivity index (χ2n) is 12.8. The summed E-state index contributed by atoms with van der Waals surface area (Å²) in [6, 6.07) is 9.71. The minimum Gasteiger partial charge on any atom is -0.507 e. The molecule has 0 bridgehead atoms. The number of carbonyl (C=O) groups excluding carboxylic acids is 4. The Morgan fingerprint density at radius 1 is 0.667 bits per heavy atom. The number of fused-ring (bicyclic) bond motifs is 4. The van der Waals surface area contributed by atoms with Crippen molar-refractivity contribution in [3.8, 4) is 28.7 Å². The molecule has 4 amide bonds. The summed E-state index contributed by atoms with van der Waals surface area (Å²) in [5.41, 5.74) is 0.0922. The first-order chi connectivity index (χ1) is 24.3. The first kappa shape index (κ1) is 33.1. The van der Waals surface area contributed by atoms with Gasteiger partial charge in [-0.1, -0.05) is 11.6 Å². The summed E-state index contributed by atoms with van der Waals surface area (Å²) < 4.78 is 10.8. The quantitative estimate of drug-likeness (QED) is 0.177. The smallest absolute Gasteiger partial charge is 0.339 e. The molecule has 5 N–H and O–H groups in total. The van der Waals surface area contributed by atoms with Crippen LogP contribution in [0.5, 0.6) is 28.7 Å². The molecular formula is C36H30N2O13. The Kier molecular flexibility index (Phi) is 7.73. The molecule has 2 aliphatic heterocycles. The number of carbonyl (C=O) groups is 6. The molecule has 2 saturated heterocycles. The molecule has 0 aromatic heterocycles. The number of aromatic carboxylic acids is 2. The van der Waals surface area contributed by atoms with E-state index < -0.39 is 93.7 Å². The van der Waals surface area contributed by atoms with Crippen LogP contribution >= 0.6 is 0 Å².